The van der Waals surface area contributed by atoms with E-state index in [4.69, 9.17) is 10.5 Å². The van der Waals surface area contributed by atoms with Gasteiger partial charge in [0.25, 0.3) is 5.91 Å². The van der Waals surface area contributed by atoms with Gasteiger partial charge in [-0.05, 0) is 51.3 Å². The van der Waals surface area contributed by atoms with Crippen molar-refractivity contribution < 1.29 is 9.53 Å². The van der Waals surface area contributed by atoms with Gasteiger partial charge in [-0.25, -0.2) is 0 Å². The summed E-state index contributed by atoms with van der Waals surface area (Å²) >= 11 is 0. The fourth-order valence-corrected chi connectivity index (χ4v) is 2.84. The van der Waals surface area contributed by atoms with Crippen molar-refractivity contribution in [3.05, 3.63) is 29.8 Å². The standard InChI is InChI=1S/C16H24N2O2/c1-2-20-15-9-4-3-8-14(15)16(19)18-12-6-5-7-13(18)10-11-17/h3-4,8-9,13H,2,5-7,10-12,17H2,1H3. The number of carbonyl (C=O) groups is 1. The second-order valence-electron chi connectivity index (χ2n) is 5.15. The number of para-hydroxylation sites is 1. The first-order chi connectivity index (χ1) is 9.77. The molecule has 0 radical (unpaired) electrons. The van der Waals surface area contributed by atoms with Gasteiger partial charge in [0.1, 0.15) is 5.75 Å². The number of carbonyl (C=O) groups excluding carboxylic acids is 1. The van der Waals surface area contributed by atoms with Gasteiger partial charge in [-0.1, -0.05) is 12.1 Å². The molecular formula is C16H24N2O2. The van der Waals surface area contributed by atoms with Crippen molar-refractivity contribution in [1.82, 2.24) is 4.90 Å². The van der Waals surface area contributed by atoms with Crippen molar-refractivity contribution >= 4 is 5.91 Å². The van der Waals surface area contributed by atoms with Crippen LogP contribution in [-0.4, -0.2) is 36.5 Å². The van der Waals surface area contributed by atoms with Crippen LogP contribution in [0.1, 0.15) is 43.0 Å². The lowest BCUT2D eigenvalue weighted by Crippen LogP contribution is -2.44. The molecule has 2 rings (SSSR count). The zero-order chi connectivity index (χ0) is 14.4. The molecule has 110 valence electrons. The molecule has 1 aliphatic heterocycles. The van der Waals surface area contributed by atoms with E-state index in [1.165, 1.54) is 6.42 Å². The Hall–Kier alpha value is -1.55. The van der Waals surface area contributed by atoms with Gasteiger partial charge >= 0.3 is 0 Å². The van der Waals surface area contributed by atoms with E-state index in [-0.39, 0.29) is 11.9 Å². The van der Waals surface area contributed by atoms with Gasteiger partial charge in [-0.2, -0.15) is 0 Å². The molecule has 4 heteroatoms. The monoisotopic (exact) mass is 276 g/mol. The topological polar surface area (TPSA) is 55.6 Å². The van der Waals surface area contributed by atoms with E-state index in [0.29, 0.717) is 24.5 Å². The summed E-state index contributed by atoms with van der Waals surface area (Å²) < 4.78 is 5.57. The van der Waals surface area contributed by atoms with Gasteiger partial charge in [0, 0.05) is 12.6 Å². The highest BCUT2D eigenvalue weighted by Gasteiger charge is 2.28. The van der Waals surface area contributed by atoms with Gasteiger partial charge in [0.05, 0.1) is 12.2 Å². The fourth-order valence-electron chi connectivity index (χ4n) is 2.84. The Labute approximate surface area is 120 Å². The van der Waals surface area contributed by atoms with E-state index in [0.717, 1.165) is 25.8 Å². The third kappa shape index (κ3) is 3.31. The predicted octanol–water partition coefficient (Wildman–Crippen LogP) is 2.43. The van der Waals surface area contributed by atoms with Crippen LogP contribution in [0.2, 0.25) is 0 Å². The highest BCUT2D eigenvalue weighted by Crippen LogP contribution is 2.25. The molecule has 1 aliphatic rings. The molecule has 1 aromatic carbocycles. The zero-order valence-electron chi connectivity index (χ0n) is 12.2. The Balaban J connectivity index is 2.20. The lowest BCUT2D eigenvalue weighted by Gasteiger charge is -2.36. The van der Waals surface area contributed by atoms with Gasteiger partial charge in [-0.15, -0.1) is 0 Å². The molecule has 1 saturated heterocycles. The summed E-state index contributed by atoms with van der Waals surface area (Å²) in [6.07, 6.45) is 4.19. The van der Waals surface area contributed by atoms with E-state index in [2.05, 4.69) is 0 Å². The minimum absolute atomic E-state index is 0.0761. The van der Waals surface area contributed by atoms with Crippen LogP contribution >= 0.6 is 0 Å². The predicted molar refractivity (Wildman–Crippen MR) is 80.0 cm³/mol. The molecule has 0 spiro atoms. The Bertz CT molecular complexity index is 446. The van der Waals surface area contributed by atoms with Gasteiger partial charge < -0.3 is 15.4 Å². The quantitative estimate of drug-likeness (QED) is 0.898. The molecule has 1 unspecified atom stereocenters. The minimum atomic E-state index is 0.0761. The minimum Gasteiger partial charge on any atom is -0.493 e. The maximum Gasteiger partial charge on any atom is 0.257 e. The van der Waals surface area contributed by atoms with Crippen LogP contribution < -0.4 is 10.5 Å². The Kier molecular flexibility index (Phi) is 5.41. The maximum absolute atomic E-state index is 12.8. The first kappa shape index (κ1) is 14.9. The molecule has 1 heterocycles. The second kappa shape index (κ2) is 7.29. The fraction of sp³-hybridized carbons (Fsp3) is 0.562. The lowest BCUT2D eigenvalue weighted by molar-refractivity contribution is 0.0601. The number of rotatable bonds is 5. The molecule has 1 fully saturated rings. The van der Waals surface area contributed by atoms with E-state index >= 15 is 0 Å². The highest BCUT2D eigenvalue weighted by molar-refractivity contribution is 5.97. The average molecular weight is 276 g/mol. The number of hydrogen-bond donors (Lipinski definition) is 1. The van der Waals surface area contributed by atoms with Crippen LogP contribution in [-0.2, 0) is 0 Å². The normalized spacial score (nSPS) is 18.9. The highest BCUT2D eigenvalue weighted by atomic mass is 16.5. The zero-order valence-corrected chi connectivity index (χ0v) is 12.2. The van der Waals surface area contributed by atoms with Crippen LogP contribution in [0.25, 0.3) is 0 Å². The van der Waals surface area contributed by atoms with Crippen LogP contribution in [0.4, 0.5) is 0 Å². The Morgan fingerprint density at radius 1 is 1.40 bits per heavy atom. The summed E-state index contributed by atoms with van der Waals surface area (Å²) in [5.41, 5.74) is 6.34. The number of benzene rings is 1. The first-order valence-electron chi connectivity index (χ1n) is 7.50. The molecule has 1 atom stereocenters. The number of nitrogens with two attached hydrogens (primary N) is 1. The van der Waals surface area contributed by atoms with Crippen molar-refractivity contribution in [2.45, 2.75) is 38.6 Å². The summed E-state index contributed by atoms with van der Waals surface area (Å²) in [6.45, 7) is 3.95. The number of hydrogen-bond acceptors (Lipinski definition) is 3. The van der Waals surface area contributed by atoms with Crippen molar-refractivity contribution in [3.63, 3.8) is 0 Å². The summed E-state index contributed by atoms with van der Waals surface area (Å²) in [4.78, 5) is 14.8. The van der Waals surface area contributed by atoms with E-state index in [1.807, 2.05) is 36.1 Å². The van der Waals surface area contributed by atoms with Crippen molar-refractivity contribution in [1.29, 1.82) is 0 Å². The summed E-state index contributed by atoms with van der Waals surface area (Å²) in [5, 5.41) is 0. The third-order valence-electron chi connectivity index (χ3n) is 3.81. The maximum atomic E-state index is 12.8. The SMILES string of the molecule is CCOc1ccccc1C(=O)N1CCCCC1CCN. The summed E-state index contributed by atoms with van der Waals surface area (Å²) in [5.74, 6) is 0.754. The van der Waals surface area contributed by atoms with Gasteiger partial charge in [0.2, 0.25) is 0 Å². The van der Waals surface area contributed by atoms with Gasteiger partial charge in [-0.3, -0.25) is 4.79 Å². The number of nitrogens with zero attached hydrogens (tertiary/aromatic N) is 1. The average Bonchev–Trinajstić information content (AvgIpc) is 2.48. The Morgan fingerprint density at radius 2 is 2.20 bits per heavy atom. The lowest BCUT2D eigenvalue weighted by atomic mass is 9.98. The largest absolute Gasteiger partial charge is 0.493 e. The molecule has 2 N–H and O–H groups in total. The number of piperidine rings is 1. The van der Waals surface area contributed by atoms with Crippen LogP contribution in [0.5, 0.6) is 5.75 Å². The molecule has 0 saturated carbocycles. The van der Waals surface area contributed by atoms with E-state index < -0.39 is 0 Å². The Morgan fingerprint density at radius 3 is 2.95 bits per heavy atom. The number of amides is 1. The number of ether oxygens (including phenoxy) is 1. The third-order valence-corrected chi connectivity index (χ3v) is 3.81. The smallest absolute Gasteiger partial charge is 0.257 e. The molecule has 1 amide bonds. The van der Waals surface area contributed by atoms with Crippen LogP contribution in [0, 0.1) is 0 Å². The molecule has 0 aromatic heterocycles. The second-order valence-corrected chi connectivity index (χ2v) is 5.15. The van der Waals surface area contributed by atoms with Crippen LogP contribution in [0.15, 0.2) is 24.3 Å². The first-order valence-corrected chi connectivity index (χ1v) is 7.50. The van der Waals surface area contributed by atoms with Crippen molar-refractivity contribution in [2.24, 2.45) is 5.73 Å². The number of likely N-dealkylation sites (tertiary alicyclic amines) is 1. The van der Waals surface area contributed by atoms with Crippen LogP contribution in [0.3, 0.4) is 0 Å². The molecule has 4 nitrogen and oxygen atoms in total. The van der Waals surface area contributed by atoms with E-state index in [9.17, 15) is 4.79 Å². The summed E-state index contributed by atoms with van der Waals surface area (Å²) in [7, 11) is 0. The van der Waals surface area contributed by atoms with E-state index in [1.54, 1.807) is 0 Å². The van der Waals surface area contributed by atoms with Gasteiger partial charge in [0.15, 0.2) is 0 Å². The molecule has 0 aliphatic carbocycles. The summed E-state index contributed by atoms with van der Waals surface area (Å²) in [6, 6.07) is 7.77. The van der Waals surface area contributed by atoms with Crippen molar-refractivity contribution in [2.75, 3.05) is 19.7 Å². The van der Waals surface area contributed by atoms with Crippen molar-refractivity contribution in [3.8, 4) is 5.75 Å². The molecule has 0 bridgehead atoms. The molecular weight excluding hydrogens is 252 g/mol. The molecule has 20 heavy (non-hydrogen) atoms. The molecule has 1 aromatic rings.